The molecule has 0 atom stereocenters. The highest BCUT2D eigenvalue weighted by Crippen LogP contribution is 2.50. The highest BCUT2D eigenvalue weighted by Gasteiger charge is 2.44. The van der Waals surface area contributed by atoms with Crippen molar-refractivity contribution >= 4 is 23.6 Å². The standard InChI is InChI=1S/C12H21NO3S/c1-9(2)13(3)10(14)7-17-8-12(4-5-12)6-11(15)16/h9H,4-8H2,1-3H3,(H,15,16). The van der Waals surface area contributed by atoms with E-state index >= 15 is 0 Å². The molecule has 0 aliphatic heterocycles. The number of carbonyl (C=O) groups is 2. The number of thioether (sulfide) groups is 1. The van der Waals surface area contributed by atoms with Crippen molar-refractivity contribution in [3.63, 3.8) is 0 Å². The Morgan fingerprint density at radius 2 is 2.00 bits per heavy atom. The van der Waals surface area contributed by atoms with Gasteiger partial charge in [-0.2, -0.15) is 11.8 Å². The third-order valence-electron chi connectivity index (χ3n) is 3.29. The summed E-state index contributed by atoms with van der Waals surface area (Å²) in [4.78, 5) is 24.1. The Bertz CT molecular complexity index is 300. The predicted molar refractivity (Wildman–Crippen MR) is 69.2 cm³/mol. The van der Waals surface area contributed by atoms with Crippen LogP contribution in [0.2, 0.25) is 0 Å². The zero-order valence-corrected chi connectivity index (χ0v) is 11.5. The summed E-state index contributed by atoms with van der Waals surface area (Å²) in [7, 11) is 1.80. The first-order valence-electron chi connectivity index (χ1n) is 5.91. The van der Waals surface area contributed by atoms with Gasteiger partial charge in [-0.25, -0.2) is 0 Å². The Balaban J connectivity index is 2.24. The minimum absolute atomic E-state index is 0.0207. The number of carboxylic acid groups (broad SMARTS) is 1. The molecule has 0 spiro atoms. The molecule has 0 aromatic heterocycles. The Kier molecular flexibility index (Phi) is 4.86. The average Bonchev–Trinajstić information content (AvgIpc) is 2.95. The highest BCUT2D eigenvalue weighted by atomic mass is 32.2. The second-order valence-electron chi connectivity index (χ2n) is 5.16. The minimum atomic E-state index is -0.728. The molecule has 4 nitrogen and oxygen atoms in total. The molecule has 1 amide bonds. The Morgan fingerprint density at radius 3 is 2.41 bits per heavy atom. The summed E-state index contributed by atoms with van der Waals surface area (Å²) < 4.78 is 0. The first-order valence-corrected chi connectivity index (χ1v) is 7.07. The van der Waals surface area contributed by atoms with E-state index < -0.39 is 5.97 Å². The van der Waals surface area contributed by atoms with Gasteiger partial charge in [0.1, 0.15) is 0 Å². The third kappa shape index (κ3) is 4.58. The molecular formula is C12H21NO3S. The molecule has 0 saturated heterocycles. The number of hydrogen-bond donors (Lipinski definition) is 1. The summed E-state index contributed by atoms with van der Waals surface area (Å²) in [6.07, 6.45) is 2.22. The molecule has 0 aromatic carbocycles. The highest BCUT2D eigenvalue weighted by molar-refractivity contribution is 7.99. The van der Waals surface area contributed by atoms with Crippen molar-refractivity contribution in [1.82, 2.24) is 4.90 Å². The lowest BCUT2D eigenvalue weighted by atomic mass is 10.1. The number of hydrogen-bond acceptors (Lipinski definition) is 3. The van der Waals surface area contributed by atoms with Crippen molar-refractivity contribution in [2.24, 2.45) is 5.41 Å². The largest absolute Gasteiger partial charge is 0.481 e. The van der Waals surface area contributed by atoms with E-state index in [4.69, 9.17) is 5.11 Å². The zero-order chi connectivity index (χ0) is 13.1. The van der Waals surface area contributed by atoms with E-state index in [1.54, 1.807) is 23.7 Å². The second-order valence-corrected chi connectivity index (χ2v) is 6.15. The normalized spacial score (nSPS) is 16.9. The van der Waals surface area contributed by atoms with Crippen LogP contribution in [0.4, 0.5) is 0 Å². The molecular weight excluding hydrogens is 238 g/mol. The van der Waals surface area contributed by atoms with Crippen LogP contribution < -0.4 is 0 Å². The van der Waals surface area contributed by atoms with Gasteiger partial charge in [0.25, 0.3) is 0 Å². The van der Waals surface area contributed by atoms with Crippen LogP contribution in [0.15, 0.2) is 0 Å². The lowest BCUT2D eigenvalue weighted by molar-refractivity contribution is -0.138. The maximum atomic E-state index is 11.7. The lowest BCUT2D eigenvalue weighted by Crippen LogP contribution is -2.34. The molecule has 17 heavy (non-hydrogen) atoms. The maximum absolute atomic E-state index is 11.7. The number of nitrogens with zero attached hydrogens (tertiary/aromatic N) is 1. The number of rotatable bonds is 7. The SMILES string of the molecule is CC(C)N(C)C(=O)CSCC1(CC(=O)O)CC1. The number of amides is 1. The van der Waals surface area contributed by atoms with Gasteiger partial charge in [0.2, 0.25) is 5.91 Å². The number of carboxylic acids is 1. The molecule has 0 unspecified atom stereocenters. The Hall–Kier alpha value is -0.710. The van der Waals surface area contributed by atoms with Gasteiger partial charge in [-0.1, -0.05) is 0 Å². The monoisotopic (exact) mass is 259 g/mol. The van der Waals surface area contributed by atoms with Crippen molar-refractivity contribution in [1.29, 1.82) is 0 Å². The van der Waals surface area contributed by atoms with Crippen molar-refractivity contribution in [3.8, 4) is 0 Å². The van der Waals surface area contributed by atoms with E-state index in [9.17, 15) is 9.59 Å². The molecule has 0 heterocycles. The van der Waals surface area contributed by atoms with Crippen molar-refractivity contribution in [2.75, 3.05) is 18.6 Å². The molecule has 1 N–H and O–H groups in total. The van der Waals surface area contributed by atoms with Crippen molar-refractivity contribution in [2.45, 2.75) is 39.2 Å². The van der Waals surface area contributed by atoms with E-state index in [1.165, 1.54) is 0 Å². The third-order valence-corrected chi connectivity index (χ3v) is 4.55. The molecule has 0 radical (unpaired) electrons. The summed E-state index contributed by atoms with van der Waals surface area (Å²) in [5.41, 5.74) is -0.0207. The first kappa shape index (κ1) is 14.4. The molecule has 1 fully saturated rings. The van der Waals surface area contributed by atoms with Crippen LogP contribution in [0, 0.1) is 5.41 Å². The topological polar surface area (TPSA) is 57.6 Å². The van der Waals surface area contributed by atoms with E-state index in [2.05, 4.69) is 0 Å². The summed E-state index contributed by atoms with van der Waals surface area (Å²) in [5.74, 6) is 0.636. The van der Waals surface area contributed by atoms with Crippen LogP contribution >= 0.6 is 11.8 Å². The average molecular weight is 259 g/mol. The van der Waals surface area contributed by atoms with E-state index in [1.807, 2.05) is 13.8 Å². The molecule has 5 heteroatoms. The van der Waals surface area contributed by atoms with Crippen LogP contribution in [0.1, 0.15) is 33.1 Å². The van der Waals surface area contributed by atoms with E-state index in [0.29, 0.717) is 5.75 Å². The lowest BCUT2D eigenvalue weighted by Gasteiger charge is -2.21. The fraction of sp³-hybridized carbons (Fsp3) is 0.833. The van der Waals surface area contributed by atoms with Crippen LogP contribution in [-0.4, -0.2) is 46.5 Å². The molecule has 0 aromatic rings. The van der Waals surface area contributed by atoms with Gasteiger partial charge in [0.15, 0.2) is 0 Å². The van der Waals surface area contributed by atoms with Gasteiger partial charge in [0, 0.05) is 13.1 Å². The summed E-state index contributed by atoms with van der Waals surface area (Å²) in [6, 6.07) is 0.219. The predicted octanol–water partition coefficient (Wildman–Crippen LogP) is 1.84. The van der Waals surface area contributed by atoms with Crippen LogP contribution in [0.3, 0.4) is 0 Å². The van der Waals surface area contributed by atoms with Crippen LogP contribution in [0.5, 0.6) is 0 Å². The molecule has 1 saturated carbocycles. The zero-order valence-electron chi connectivity index (χ0n) is 10.7. The molecule has 1 aliphatic rings. The second kappa shape index (κ2) is 5.76. The Labute approximate surface area is 107 Å². The fourth-order valence-corrected chi connectivity index (χ4v) is 2.92. The summed E-state index contributed by atoms with van der Waals surface area (Å²) in [5, 5.41) is 8.77. The summed E-state index contributed by atoms with van der Waals surface area (Å²) >= 11 is 1.56. The van der Waals surface area contributed by atoms with Gasteiger partial charge >= 0.3 is 5.97 Å². The molecule has 98 valence electrons. The van der Waals surface area contributed by atoms with E-state index in [-0.39, 0.29) is 23.8 Å². The smallest absolute Gasteiger partial charge is 0.303 e. The van der Waals surface area contributed by atoms with Crippen LogP contribution in [-0.2, 0) is 9.59 Å². The molecule has 1 aliphatic carbocycles. The van der Waals surface area contributed by atoms with Crippen molar-refractivity contribution in [3.05, 3.63) is 0 Å². The maximum Gasteiger partial charge on any atom is 0.303 e. The quantitative estimate of drug-likeness (QED) is 0.758. The van der Waals surface area contributed by atoms with Crippen molar-refractivity contribution < 1.29 is 14.7 Å². The van der Waals surface area contributed by atoms with Gasteiger partial charge in [-0.05, 0) is 37.9 Å². The Morgan fingerprint density at radius 1 is 1.41 bits per heavy atom. The molecule has 0 bridgehead atoms. The van der Waals surface area contributed by atoms with Crippen LogP contribution in [0.25, 0.3) is 0 Å². The van der Waals surface area contributed by atoms with Gasteiger partial charge in [-0.3, -0.25) is 9.59 Å². The number of carbonyl (C=O) groups excluding carboxylic acids is 1. The van der Waals surface area contributed by atoms with Gasteiger partial charge in [-0.15, -0.1) is 0 Å². The minimum Gasteiger partial charge on any atom is -0.481 e. The van der Waals surface area contributed by atoms with Gasteiger partial charge in [0.05, 0.1) is 12.2 Å². The van der Waals surface area contributed by atoms with E-state index in [0.717, 1.165) is 18.6 Å². The van der Waals surface area contributed by atoms with Gasteiger partial charge < -0.3 is 10.0 Å². The fourth-order valence-electron chi connectivity index (χ4n) is 1.61. The molecule has 1 rings (SSSR count). The number of aliphatic carboxylic acids is 1. The first-order chi connectivity index (χ1) is 7.86. The summed E-state index contributed by atoms with van der Waals surface area (Å²) in [6.45, 7) is 3.96.